The van der Waals surface area contributed by atoms with Gasteiger partial charge in [-0.15, -0.1) is 11.3 Å². The van der Waals surface area contributed by atoms with Crippen molar-refractivity contribution in [1.29, 1.82) is 0 Å². The van der Waals surface area contributed by atoms with Crippen LogP contribution in [0.5, 0.6) is 0 Å². The predicted octanol–water partition coefficient (Wildman–Crippen LogP) is 3.76. The number of aryl methyl sites for hydroxylation is 1. The summed E-state index contributed by atoms with van der Waals surface area (Å²) >= 11 is 1.79. The second-order valence-electron chi connectivity index (χ2n) is 5.88. The van der Waals surface area contributed by atoms with Gasteiger partial charge < -0.3 is 4.74 Å². The molecule has 1 aliphatic heterocycles. The Morgan fingerprint density at radius 1 is 1.36 bits per heavy atom. The van der Waals surface area contributed by atoms with Gasteiger partial charge in [0.1, 0.15) is 16.3 Å². The molecule has 114 valence electrons. The maximum atomic E-state index is 5.63. The van der Waals surface area contributed by atoms with Crippen molar-refractivity contribution in [2.75, 3.05) is 13.2 Å². The number of fused-ring (bicyclic) bond motifs is 1. The second kappa shape index (κ2) is 5.82. The maximum Gasteiger partial charge on any atom is 0.165 e. The average molecular weight is 313 g/mol. The minimum absolute atomic E-state index is 0.561. The molecule has 0 spiro atoms. The van der Waals surface area contributed by atoms with E-state index in [0.29, 0.717) is 5.92 Å². The predicted molar refractivity (Wildman–Crippen MR) is 88.7 cm³/mol. The third-order valence-electron chi connectivity index (χ3n) is 4.16. The first-order valence-corrected chi connectivity index (χ1v) is 8.60. The van der Waals surface area contributed by atoms with Crippen LogP contribution < -0.4 is 0 Å². The Morgan fingerprint density at radius 3 is 3.09 bits per heavy atom. The van der Waals surface area contributed by atoms with Crippen LogP contribution in [0.2, 0.25) is 0 Å². The molecule has 5 heteroatoms. The highest BCUT2D eigenvalue weighted by Gasteiger charge is 2.20. The van der Waals surface area contributed by atoms with Gasteiger partial charge in [-0.3, -0.25) is 4.57 Å². The van der Waals surface area contributed by atoms with Crippen LogP contribution in [0.25, 0.3) is 16.2 Å². The standard InChI is InChI=1S/C17H19N3OS/c1-12-6-7-16(22-12)20-15(10-13-4-3-9-21-11-13)19-14-5-2-8-18-17(14)20/h2,5-8,13H,3-4,9-11H2,1H3. The first kappa shape index (κ1) is 13.9. The summed E-state index contributed by atoms with van der Waals surface area (Å²) < 4.78 is 7.85. The van der Waals surface area contributed by atoms with Gasteiger partial charge in [0.05, 0.1) is 0 Å². The number of hydrogen-bond donors (Lipinski definition) is 0. The molecule has 1 unspecified atom stereocenters. The highest BCUT2D eigenvalue weighted by Crippen LogP contribution is 2.28. The van der Waals surface area contributed by atoms with Crippen molar-refractivity contribution in [3.05, 3.63) is 41.2 Å². The Balaban J connectivity index is 1.79. The van der Waals surface area contributed by atoms with Gasteiger partial charge in [-0.05, 0) is 49.9 Å². The number of aromatic nitrogens is 3. The molecule has 1 atom stereocenters. The lowest BCUT2D eigenvalue weighted by Gasteiger charge is -2.21. The fraction of sp³-hybridized carbons (Fsp3) is 0.412. The van der Waals surface area contributed by atoms with E-state index in [1.165, 1.54) is 16.3 Å². The highest BCUT2D eigenvalue weighted by atomic mass is 32.1. The van der Waals surface area contributed by atoms with E-state index in [1.54, 1.807) is 11.3 Å². The number of nitrogens with zero attached hydrogens (tertiary/aromatic N) is 3. The molecule has 4 heterocycles. The third-order valence-corrected chi connectivity index (χ3v) is 5.14. The van der Waals surface area contributed by atoms with Crippen molar-refractivity contribution in [3.63, 3.8) is 0 Å². The van der Waals surface area contributed by atoms with Crippen molar-refractivity contribution in [1.82, 2.24) is 14.5 Å². The third kappa shape index (κ3) is 2.55. The Hall–Kier alpha value is -1.72. The van der Waals surface area contributed by atoms with Gasteiger partial charge in [0, 0.05) is 30.7 Å². The summed E-state index contributed by atoms with van der Waals surface area (Å²) in [5.74, 6) is 1.66. The summed E-state index contributed by atoms with van der Waals surface area (Å²) in [5, 5.41) is 1.20. The summed E-state index contributed by atoms with van der Waals surface area (Å²) in [6.07, 6.45) is 5.17. The fourth-order valence-corrected chi connectivity index (χ4v) is 3.98. The molecule has 0 saturated carbocycles. The van der Waals surface area contributed by atoms with E-state index in [4.69, 9.17) is 9.72 Å². The summed E-state index contributed by atoms with van der Waals surface area (Å²) in [5.41, 5.74) is 1.93. The molecule has 4 rings (SSSR count). The van der Waals surface area contributed by atoms with Crippen LogP contribution in [0, 0.1) is 12.8 Å². The summed E-state index contributed by atoms with van der Waals surface area (Å²) in [6, 6.07) is 8.31. The number of hydrogen-bond acceptors (Lipinski definition) is 4. The van der Waals surface area contributed by atoms with Crippen LogP contribution in [0.4, 0.5) is 0 Å². The highest BCUT2D eigenvalue weighted by molar-refractivity contribution is 7.14. The molecule has 0 N–H and O–H groups in total. The van der Waals surface area contributed by atoms with E-state index in [-0.39, 0.29) is 0 Å². The lowest BCUT2D eigenvalue weighted by atomic mass is 9.98. The van der Waals surface area contributed by atoms with Gasteiger partial charge in [-0.2, -0.15) is 0 Å². The SMILES string of the molecule is Cc1ccc(-n2c(CC3CCCOC3)nc3cccnc32)s1. The van der Waals surface area contributed by atoms with Gasteiger partial charge in [0.2, 0.25) is 0 Å². The molecule has 3 aromatic rings. The molecular weight excluding hydrogens is 294 g/mol. The zero-order valence-electron chi connectivity index (χ0n) is 12.7. The number of imidazole rings is 1. The Bertz CT molecular complexity index is 786. The number of thiophene rings is 1. The van der Waals surface area contributed by atoms with Crippen LogP contribution in [0.1, 0.15) is 23.5 Å². The van der Waals surface area contributed by atoms with Gasteiger partial charge in [0.25, 0.3) is 0 Å². The molecule has 1 fully saturated rings. The first-order chi connectivity index (χ1) is 10.8. The largest absolute Gasteiger partial charge is 0.381 e. The lowest BCUT2D eigenvalue weighted by molar-refractivity contribution is 0.0542. The fourth-order valence-electron chi connectivity index (χ4n) is 3.10. The number of rotatable bonds is 3. The zero-order valence-corrected chi connectivity index (χ0v) is 13.5. The number of ether oxygens (including phenoxy) is 1. The van der Waals surface area contributed by atoms with Crippen molar-refractivity contribution < 1.29 is 4.74 Å². The van der Waals surface area contributed by atoms with Crippen LogP contribution in [-0.4, -0.2) is 27.7 Å². The minimum Gasteiger partial charge on any atom is -0.381 e. The summed E-state index contributed by atoms with van der Waals surface area (Å²) in [4.78, 5) is 10.7. The molecule has 3 aromatic heterocycles. The van der Waals surface area contributed by atoms with Gasteiger partial charge in [-0.25, -0.2) is 9.97 Å². The van der Waals surface area contributed by atoms with E-state index in [9.17, 15) is 0 Å². The quantitative estimate of drug-likeness (QED) is 0.739. The lowest BCUT2D eigenvalue weighted by Crippen LogP contribution is -2.20. The normalized spacial score (nSPS) is 18.9. The van der Waals surface area contributed by atoms with E-state index >= 15 is 0 Å². The van der Waals surface area contributed by atoms with E-state index in [1.807, 2.05) is 18.3 Å². The molecule has 0 amide bonds. The van der Waals surface area contributed by atoms with Crippen molar-refractivity contribution in [2.24, 2.45) is 5.92 Å². The summed E-state index contributed by atoms with van der Waals surface area (Å²) in [7, 11) is 0. The van der Waals surface area contributed by atoms with Crippen LogP contribution >= 0.6 is 11.3 Å². The summed E-state index contributed by atoms with van der Waals surface area (Å²) in [6.45, 7) is 3.88. The second-order valence-corrected chi connectivity index (χ2v) is 7.15. The van der Waals surface area contributed by atoms with Crippen LogP contribution in [0.3, 0.4) is 0 Å². The van der Waals surface area contributed by atoms with Crippen molar-refractivity contribution in [3.8, 4) is 5.00 Å². The van der Waals surface area contributed by atoms with E-state index in [0.717, 1.165) is 43.0 Å². The monoisotopic (exact) mass is 313 g/mol. The Kier molecular flexibility index (Phi) is 3.68. The van der Waals surface area contributed by atoms with Gasteiger partial charge in [0.15, 0.2) is 5.65 Å². The molecule has 0 bridgehead atoms. The Morgan fingerprint density at radius 2 is 2.32 bits per heavy atom. The first-order valence-electron chi connectivity index (χ1n) is 7.78. The molecule has 4 nitrogen and oxygen atoms in total. The molecule has 0 aliphatic carbocycles. The molecule has 0 aromatic carbocycles. The molecule has 1 aliphatic rings. The van der Waals surface area contributed by atoms with Gasteiger partial charge >= 0.3 is 0 Å². The molecular formula is C17H19N3OS. The van der Waals surface area contributed by atoms with E-state index in [2.05, 4.69) is 28.6 Å². The minimum atomic E-state index is 0.561. The zero-order chi connectivity index (χ0) is 14.9. The smallest absolute Gasteiger partial charge is 0.165 e. The molecule has 1 saturated heterocycles. The number of pyridine rings is 1. The molecule has 22 heavy (non-hydrogen) atoms. The van der Waals surface area contributed by atoms with Gasteiger partial charge in [-0.1, -0.05) is 0 Å². The maximum absolute atomic E-state index is 5.63. The average Bonchev–Trinajstić information content (AvgIpc) is 3.11. The van der Waals surface area contributed by atoms with Crippen LogP contribution in [0.15, 0.2) is 30.5 Å². The van der Waals surface area contributed by atoms with Crippen molar-refractivity contribution >= 4 is 22.5 Å². The van der Waals surface area contributed by atoms with Crippen LogP contribution in [-0.2, 0) is 11.2 Å². The van der Waals surface area contributed by atoms with E-state index < -0.39 is 0 Å². The topological polar surface area (TPSA) is 39.9 Å². The van der Waals surface area contributed by atoms with Crippen molar-refractivity contribution in [2.45, 2.75) is 26.2 Å². The Labute approximate surface area is 133 Å². The molecule has 0 radical (unpaired) electrons.